The molecule has 4 heteroatoms. The van der Waals surface area contributed by atoms with Crippen LogP contribution in [-0.2, 0) is 15.9 Å². The molecule has 2 aromatic carbocycles. The van der Waals surface area contributed by atoms with Crippen molar-refractivity contribution >= 4 is 0 Å². The molecule has 0 aromatic heterocycles. The second-order valence-corrected chi connectivity index (χ2v) is 6.19. The fourth-order valence-electron chi connectivity index (χ4n) is 2.67. The number of benzene rings is 2. The standard InChI is InChI=1S/C21H28O4/c1-3-24-14-20(22)19-11-7-8-17(13-19)12-16(2)25-15-21(23)18-9-5-4-6-10-18/h4-11,13,16,20-23H,3,12,14-15H2,1-2H3/t16-,20?,21-/m0/s1. The third kappa shape index (κ3) is 6.59. The van der Waals surface area contributed by atoms with Crippen LogP contribution in [0, 0.1) is 0 Å². The Bertz CT molecular complexity index is 614. The Morgan fingerprint density at radius 2 is 1.56 bits per heavy atom. The third-order valence-electron chi connectivity index (χ3n) is 4.06. The lowest BCUT2D eigenvalue weighted by Crippen LogP contribution is -2.17. The molecule has 136 valence electrons. The summed E-state index contributed by atoms with van der Waals surface area (Å²) in [5, 5.41) is 20.3. The van der Waals surface area contributed by atoms with Crippen LogP contribution in [0.2, 0.25) is 0 Å². The zero-order chi connectivity index (χ0) is 18.1. The third-order valence-corrected chi connectivity index (χ3v) is 4.06. The highest BCUT2D eigenvalue weighted by Crippen LogP contribution is 2.18. The Morgan fingerprint density at radius 3 is 2.28 bits per heavy atom. The summed E-state index contributed by atoms with van der Waals surface area (Å²) in [5.41, 5.74) is 2.80. The molecular formula is C21H28O4. The maximum atomic E-state index is 10.2. The first-order valence-corrected chi connectivity index (χ1v) is 8.79. The molecule has 3 atom stereocenters. The van der Waals surface area contributed by atoms with Crippen molar-refractivity contribution in [3.8, 4) is 0 Å². The summed E-state index contributed by atoms with van der Waals surface area (Å²) in [6.45, 7) is 5.05. The molecule has 2 rings (SSSR count). The van der Waals surface area contributed by atoms with Crippen molar-refractivity contribution in [1.82, 2.24) is 0 Å². The van der Waals surface area contributed by atoms with E-state index in [9.17, 15) is 10.2 Å². The first kappa shape index (κ1) is 19.6. The van der Waals surface area contributed by atoms with Gasteiger partial charge in [0.15, 0.2) is 0 Å². The van der Waals surface area contributed by atoms with Gasteiger partial charge < -0.3 is 19.7 Å². The molecule has 2 N–H and O–H groups in total. The van der Waals surface area contributed by atoms with Crippen molar-refractivity contribution in [2.24, 2.45) is 0 Å². The first-order chi connectivity index (χ1) is 12.1. The predicted octanol–water partition coefficient (Wildman–Crippen LogP) is 3.44. The molecule has 0 aliphatic carbocycles. The zero-order valence-corrected chi connectivity index (χ0v) is 15.0. The maximum absolute atomic E-state index is 10.2. The molecule has 0 radical (unpaired) electrons. The average Bonchev–Trinajstić information content (AvgIpc) is 2.65. The summed E-state index contributed by atoms with van der Waals surface area (Å²) < 4.78 is 11.1. The Balaban J connectivity index is 1.84. The maximum Gasteiger partial charge on any atom is 0.102 e. The van der Waals surface area contributed by atoms with E-state index in [1.165, 1.54) is 0 Å². The number of aliphatic hydroxyl groups excluding tert-OH is 2. The molecule has 1 unspecified atom stereocenters. The summed E-state index contributed by atoms with van der Waals surface area (Å²) in [6.07, 6.45) is -0.548. The summed E-state index contributed by atoms with van der Waals surface area (Å²) >= 11 is 0. The molecule has 0 amide bonds. The average molecular weight is 344 g/mol. The SMILES string of the molecule is CCOCC(O)c1cccc(C[C@H](C)OC[C@H](O)c2ccccc2)c1. The van der Waals surface area contributed by atoms with Crippen LogP contribution in [0.4, 0.5) is 0 Å². The van der Waals surface area contributed by atoms with Crippen molar-refractivity contribution in [3.05, 3.63) is 71.3 Å². The van der Waals surface area contributed by atoms with E-state index >= 15 is 0 Å². The molecule has 4 nitrogen and oxygen atoms in total. The zero-order valence-electron chi connectivity index (χ0n) is 15.0. The van der Waals surface area contributed by atoms with Gasteiger partial charge in [0.2, 0.25) is 0 Å². The van der Waals surface area contributed by atoms with Crippen molar-refractivity contribution in [2.75, 3.05) is 19.8 Å². The van der Waals surface area contributed by atoms with Gasteiger partial charge >= 0.3 is 0 Å². The smallest absolute Gasteiger partial charge is 0.102 e. The Labute approximate surface area is 150 Å². The number of aliphatic hydroxyl groups is 2. The summed E-state index contributed by atoms with van der Waals surface area (Å²) in [5.74, 6) is 0. The van der Waals surface area contributed by atoms with Gasteiger partial charge in [-0.05, 0) is 37.0 Å². The molecule has 2 aromatic rings. The van der Waals surface area contributed by atoms with Gasteiger partial charge in [0, 0.05) is 6.61 Å². The van der Waals surface area contributed by atoms with Crippen LogP contribution in [0.3, 0.4) is 0 Å². The van der Waals surface area contributed by atoms with E-state index in [1.54, 1.807) is 0 Å². The van der Waals surface area contributed by atoms with Crippen molar-refractivity contribution < 1.29 is 19.7 Å². The summed E-state index contributed by atoms with van der Waals surface area (Å²) in [7, 11) is 0. The highest BCUT2D eigenvalue weighted by atomic mass is 16.5. The molecule has 0 saturated heterocycles. The second kappa shape index (κ2) is 10.3. The van der Waals surface area contributed by atoms with E-state index < -0.39 is 12.2 Å². The molecule has 0 aliphatic heterocycles. The number of hydrogen-bond donors (Lipinski definition) is 2. The lowest BCUT2D eigenvalue weighted by molar-refractivity contribution is -0.00224. The minimum Gasteiger partial charge on any atom is -0.386 e. The van der Waals surface area contributed by atoms with E-state index in [1.807, 2.05) is 68.4 Å². The lowest BCUT2D eigenvalue weighted by atomic mass is 10.0. The Hall–Kier alpha value is -1.72. The van der Waals surface area contributed by atoms with E-state index in [2.05, 4.69) is 0 Å². The van der Waals surface area contributed by atoms with Gasteiger partial charge in [-0.3, -0.25) is 0 Å². The number of rotatable bonds is 10. The first-order valence-electron chi connectivity index (χ1n) is 8.79. The van der Waals surface area contributed by atoms with Crippen LogP contribution < -0.4 is 0 Å². The minimum absolute atomic E-state index is 0.0300. The molecule has 25 heavy (non-hydrogen) atoms. The van der Waals surface area contributed by atoms with Crippen LogP contribution in [0.25, 0.3) is 0 Å². The summed E-state index contributed by atoms with van der Waals surface area (Å²) in [4.78, 5) is 0. The topological polar surface area (TPSA) is 58.9 Å². The second-order valence-electron chi connectivity index (χ2n) is 6.19. The molecule has 0 bridgehead atoms. The Morgan fingerprint density at radius 1 is 0.880 bits per heavy atom. The quantitative estimate of drug-likeness (QED) is 0.693. The molecule has 0 fully saturated rings. The molecule has 0 aliphatic rings. The minimum atomic E-state index is -0.622. The molecule has 0 heterocycles. The van der Waals surface area contributed by atoms with Crippen LogP contribution in [0.15, 0.2) is 54.6 Å². The van der Waals surface area contributed by atoms with E-state index in [0.29, 0.717) is 13.2 Å². The van der Waals surface area contributed by atoms with E-state index in [-0.39, 0.29) is 12.7 Å². The van der Waals surface area contributed by atoms with Crippen LogP contribution in [0.1, 0.15) is 42.7 Å². The van der Waals surface area contributed by atoms with Gasteiger partial charge in [-0.1, -0.05) is 54.6 Å². The number of ether oxygens (including phenoxy) is 2. The van der Waals surface area contributed by atoms with Gasteiger partial charge in [-0.25, -0.2) is 0 Å². The van der Waals surface area contributed by atoms with Gasteiger partial charge in [-0.2, -0.15) is 0 Å². The largest absolute Gasteiger partial charge is 0.386 e. The predicted molar refractivity (Wildman–Crippen MR) is 98.4 cm³/mol. The van der Waals surface area contributed by atoms with Gasteiger partial charge in [-0.15, -0.1) is 0 Å². The summed E-state index contributed by atoms with van der Waals surface area (Å²) in [6, 6.07) is 17.4. The van der Waals surface area contributed by atoms with Crippen LogP contribution >= 0.6 is 0 Å². The highest BCUT2D eigenvalue weighted by Gasteiger charge is 2.12. The van der Waals surface area contributed by atoms with Crippen molar-refractivity contribution in [3.63, 3.8) is 0 Å². The van der Waals surface area contributed by atoms with Gasteiger partial charge in [0.1, 0.15) is 12.2 Å². The number of hydrogen-bond acceptors (Lipinski definition) is 4. The van der Waals surface area contributed by atoms with Crippen LogP contribution in [-0.4, -0.2) is 36.1 Å². The molecular weight excluding hydrogens is 316 g/mol. The molecule has 0 spiro atoms. The lowest BCUT2D eigenvalue weighted by Gasteiger charge is -2.18. The van der Waals surface area contributed by atoms with Gasteiger partial charge in [0.05, 0.1) is 19.3 Å². The van der Waals surface area contributed by atoms with Crippen LogP contribution in [0.5, 0.6) is 0 Å². The van der Waals surface area contributed by atoms with Crippen molar-refractivity contribution in [2.45, 2.75) is 38.6 Å². The highest BCUT2D eigenvalue weighted by molar-refractivity contribution is 5.25. The normalized spacial score (nSPS) is 14.9. The van der Waals surface area contributed by atoms with E-state index in [0.717, 1.165) is 23.1 Å². The van der Waals surface area contributed by atoms with Gasteiger partial charge in [0.25, 0.3) is 0 Å². The monoisotopic (exact) mass is 344 g/mol. The molecule has 0 saturated carbocycles. The fraction of sp³-hybridized carbons (Fsp3) is 0.429. The Kier molecular flexibility index (Phi) is 8.09. The van der Waals surface area contributed by atoms with Crippen molar-refractivity contribution in [1.29, 1.82) is 0 Å². The van der Waals surface area contributed by atoms with E-state index in [4.69, 9.17) is 9.47 Å². The fourth-order valence-corrected chi connectivity index (χ4v) is 2.67.